The van der Waals surface area contributed by atoms with Crippen LogP contribution in [0.3, 0.4) is 0 Å². The van der Waals surface area contributed by atoms with E-state index in [0.717, 1.165) is 6.42 Å². The second-order valence-corrected chi connectivity index (χ2v) is 3.58. The molecule has 0 aliphatic heterocycles. The van der Waals surface area contributed by atoms with E-state index >= 15 is 0 Å². The number of hydrogen-bond donors (Lipinski definition) is 0. The smallest absolute Gasteiger partial charge is 0.00936 e. The zero-order valence-electron chi connectivity index (χ0n) is 8.57. The van der Waals surface area contributed by atoms with Gasteiger partial charge >= 0.3 is 0 Å². The highest BCUT2D eigenvalue weighted by Gasteiger charge is 1.90. The summed E-state index contributed by atoms with van der Waals surface area (Å²) in [5.74, 6) is 0. The van der Waals surface area contributed by atoms with E-state index in [0.29, 0.717) is 6.42 Å². The maximum absolute atomic E-state index is 6.97. The van der Waals surface area contributed by atoms with Gasteiger partial charge in [0.15, 0.2) is 0 Å². The molecular weight excluding hydrogens is 144 g/mol. The quantitative estimate of drug-likeness (QED) is 0.444. The van der Waals surface area contributed by atoms with Gasteiger partial charge in [0.05, 0.1) is 0 Å². The van der Waals surface area contributed by atoms with Crippen LogP contribution in [0.25, 0.3) is 0 Å². The summed E-state index contributed by atoms with van der Waals surface area (Å²) in [6, 6.07) is 0. The van der Waals surface area contributed by atoms with Crippen LogP contribution in [0.4, 0.5) is 0 Å². The van der Waals surface area contributed by atoms with Crippen molar-refractivity contribution >= 4 is 0 Å². The zero-order chi connectivity index (χ0) is 9.07. The molecule has 0 unspecified atom stereocenters. The Hall–Kier alpha value is 0. The van der Waals surface area contributed by atoms with Crippen molar-refractivity contribution in [2.45, 2.75) is 71.1 Å². The SMILES string of the molecule is [C]CCCCCCCCCCC. The molecule has 0 rings (SSSR count). The Morgan fingerprint density at radius 2 is 1.08 bits per heavy atom. The van der Waals surface area contributed by atoms with Crippen molar-refractivity contribution in [1.82, 2.24) is 0 Å². The van der Waals surface area contributed by atoms with Gasteiger partial charge in [-0.1, -0.05) is 64.7 Å². The first-order valence-electron chi connectivity index (χ1n) is 5.56. The first-order valence-corrected chi connectivity index (χ1v) is 5.56. The third-order valence-electron chi connectivity index (χ3n) is 2.28. The molecule has 0 bridgehead atoms. The molecule has 3 radical (unpaired) electrons. The van der Waals surface area contributed by atoms with Crippen molar-refractivity contribution in [3.63, 3.8) is 0 Å². The summed E-state index contributed by atoms with van der Waals surface area (Å²) in [5, 5.41) is 0. The largest absolute Gasteiger partial charge is 0.0654 e. The molecule has 0 aliphatic carbocycles. The molecule has 0 atom stereocenters. The molecule has 0 aliphatic rings. The Bertz CT molecular complexity index is 56.4. The summed E-state index contributed by atoms with van der Waals surface area (Å²) in [7, 11) is 0. The van der Waals surface area contributed by atoms with Crippen LogP contribution < -0.4 is 0 Å². The van der Waals surface area contributed by atoms with Gasteiger partial charge in [-0.25, -0.2) is 0 Å². The molecule has 0 fully saturated rings. The maximum atomic E-state index is 6.97. The summed E-state index contributed by atoms with van der Waals surface area (Å²) >= 11 is 0. The van der Waals surface area contributed by atoms with Crippen LogP contribution in [0.2, 0.25) is 0 Å². The van der Waals surface area contributed by atoms with E-state index in [1.165, 1.54) is 51.4 Å². The van der Waals surface area contributed by atoms with Crippen LogP contribution in [-0.4, -0.2) is 0 Å². The Labute approximate surface area is 78.8 Å². The van der Waals surface area contributed by atoms with E-state index in [2.05, 4.69) is 6.92 Å². The van der Waals surface area contributed by atoms with Gasteiger partial charge in [0, 0.05) is 0 Å². The zero-order valence-corrected chi connectivity index (χ0v) is 8.57. The predicted octanol–water partition coefficient (Wildman–Crippen LogP) is 4.50. The Morgan fingerprint density at radius 3 is 1.50 bits per heavy atom. The molecule has 12 heavy (non-hydrogen) atoms. The van der Waals surface area contributed by atoms with Gasteiger partial charge < -0.3 is 0 Å². The van der Waals surface area contributed by atoms with Crippen LogP contribution in [-0.2, 0) is 0 Å². The van der Waals surface area contributed by atoms with Gasteiger partial charge in [-0.05, 0) is 13.3 Å². The van der Waals surface area contributed by atoms with Crippen LogP contribution in [0.1, 0.15) is 71.1 Å². The maximum Gasteiger partial charge on any atom is -0.00936 e. The van der Waals surface area contributed by atoms with Gasteiger partial charge in [0.1, 0.15) is 0 Å². The summed E-state index contributed by atoms with van der Waals surface area (Å²) in [4.78, 5) is 0. The third kappa shape index (κ3) is 10.0. The van der Waals surface area contributed by atoms with Gasteiger partial charge in [-0.2, -0.15) is 0 Å². The molecule has 0 heterocycles. The van der Waals surface area contributed by atoms with Crippen molar-refractivity contribution in [1.29, 1.82) is 0 Å². The molecule has 0 amide bonds. The Kier molecular flexibility index (Phi) is 11.0. The second kappa shape index (κ2) is 11.0. The lowest BCUT2D eigenvalue weighted by Gasteiger charge is -1.99. The standard InChI is InChI=1S/C12H23/c1-3-5-7-9-11-12-10-8-6-4-2/h3-12H2,1H3. The highest BCUT2D eigenvalue weighted by atomic mass is 14.0. The topological polar surface area (TPSA) is 0 Å². The molecule has 0 aromatic heterocycles. The molecular formula is C12H23. The molecule has 0 nitrogen and oxygen atoms in total. The second-order valence-electron chi connectivity index (χ2n) is 3.58. The fourth-order valence-corrected chi connectivity index (χ4v) is 1.44. The lowest BCUT2D eigenvalue weighted by molar-refractivity contribution is 0.566. The minimum atomic E-state index is 0.621. The summed E-state index contributed by atoms with van der Waals surface area (Å²) in [5.41, 5.74) is 0. The van der Waals surface area contributed by atoms with Crippen molar-refractivity contribution in [3.8, 4) is 0 Å². The van der Waals surface area contributed by atoms with Crippen molar-refractivity contribution in [2.24, 2.45) is 0 Å². The van der Waals surface area contributed by atoms with Crippen molar-refractivity contribution in [3.05, 3.63) is 6.92 Å². The van der Waals surface area contributed by atoms with Gasteiger partial charge in [-0.3, -0.25) is 0 Å². The average molecular weight is 167 g/mol. The fourth-order valence-electron chi connectivity index (χ4n) is 1.44. The molecule has 0 spiro atoms. The molecule has 0 heteroatoms. The van der Waals surface area contributed by atoms with Crippen molar-refractivity contribution < 1.29 is 0 Å². The van der Waals surface area contributed by atoms with Crippen LogP contribution in [0, 0.1) is 6.92 Å². The lowest BCUT2D eigenvalue weighted by atomic mass is 10.1. The number of hydrogen-bond acceptors (Lipinski definition) is 0. The predicted molar refractivity (Wildman–Crippen MR) is 55.1 cm³/mol. The highest BCUT2D eigenvalue weighted by molar-refractivity contribution is 4.47. The highest BCUT2D eigenvalue weighted by Crippen LogP contribution is 2.09. The van der Waals surface area contributed by atoms with E-state index in [-0.39, 0.29) is 0 Å². The van der Waals surface area contributed by atoms with Gasteiger partial charge in [0.25, 0.3) is 0 Å². The minimum absolute atomic E-state index is 0.621. The fraction of sp³-hybridized carbons (Fsp3) is 0.917. The third-order valence-corrected chi connectivity index (χ3v) is 2.28. The molecule has 0 N–H and O–H groups in total. The molecule has 0 aromatic carbocycles. The summed E-state index contributed by atoms with van der Waals surface area (Å²) < 4.78 is 0. The van der Waals surface area contributed by atoms with Crippen LogP contribution in [0.15, 0.2) is 0 Å². The van der Waals surface area contributed by atoms with Crippen LogP contribution in [0.5, 0.6) is 0 Å². The Morgan fingerprint density at radius 1 is 0.667 bits per heavy atom. The van der Waals surface area contributed by atoms with E-state index < -0.39 is 0 Å². The normalized spacial score (nSPS) is 10.5. The average Bonchev–Trinajstić information content (AvgIpc) is 2.10. The monoisotopic (exact) mass is 167 g/mol. The van der Waals surface area contributed by atoms with Crippen molar-refractivity contribution in [2.75, 3.05) is 0 Å². The van der Waals surface area contributed by atoms with Gasteiger partial charge in [-0.15, -0.1) is 0 Å². The molecule has 0 saturated carbocycles. The first kappa shape index (κ1) is 12.0. The first-order chi connectivity index (χ1) is 5.91. The van der Waals surface area contributed by atoms with E-state index in [1.54, 1.807) is 0 Å². The van der Waals surface area contributed by atoms with E-state index in [1.807, 2.05) is 0 Å². The molecule has 0 saturated heterocycles. The van der Waals surface area contributed by atoms with Gasteiger partial charge in [0.2, 0.25) is 0 Å². The summed E-state index contributed by atoms with van der Waals surface area (Å²) in [6.45, 7) is 9.23. The van der Waals surface area contributed by atoms with E-state index in [9.17, 15) is 0 Å². The van der Waals surface area contributed by atoms with Crippen LogP contribution >= 0.6 is 0 Å². The minimum Gasteiger partial charge on any atom is -0.0654 e. The molecule has 71 valence electrons. The summed E-state index contributed by atoms with van der Waals surface area (Å²) in [6.07, 6.45) is 12.8. The number of unbranched alkanes of at least 4 members (excludes halogenated alkanes) is 9. The molecule has 0 aromatic rings. The lowest BCUT2D eigenvalue weighted by Crippen LogP contribution is -1.80. The van der Waals surface area contributed by atoms with E-state index in [4.69, 9.17) is 6.92 Å². The number of rotatable bonds is 9. The Balaban J connectivity index is 2.73.